The average molecular weight is 595 g/mol. The lowest BCUT2D eigenvalue weighted by Crippen LogP contribution is -2.45. The Balaban J connectivity index is 0.00000200. The molecular formula is C34H42N8O2. The van der Waals surface area contributed by atoms with E-state index >= 15 is 0 Å². The molecule has 230 valence electrons. The SMILES string of the molecule is COc1ccc(NC(=O)NC2CCN(Cc3ccc(C(=N)N4C(=N)c5ccccc5Nc5ncccc54)cc3)CC2)c(C)c1.[HH].[HH].[HH]. The summed E-state index contributed by atoms with van der Waals surface area (Å²) in [6.07, 6.45) is 3.45. The molecule has 44 heavy (non-hydrogen) atoms. The second-order valence-corrected chi connectivity index (χ2v) is 11.1. The number of likely N-dealkylation sites (tertiary alicyclic amines) is 1. The molecule has 0 atom stereocenters. The zero-order valence-electron chi connectivity index (χ0n) is 24.9. The van der Waals surface area contributed by atoms with Crippen LogP contribution in [-0.2, 0) is 6.54 Å². The fourth-order valence-corrected chi connectivity index (χ4v) is 5.71. The van der Waals surface area contributed by atoms with Crippen molar-refractivity contribution in [3.63, 3.8) is 0 Å². The van der Waals surface area contributed by atoms with Crippen LogP contribution in [0.3, 0.4) is 0 Å². The van der Waals surface area contributed by atoms with Crippen LogP contribution in [0.1, 0.15) is 39.4 Å². The summed E-state index contributed by atoms with van der Waals surface area (Å²) < 4.78 is 5.24. The molecule has 0 unspecified atom stereocenters. The number of carbonyl (C=O) groups is 1. The average Bonchev–Trinajstić information content (AvgIpc) is 3.16. The van der Waals surface area contributed by atoms with Gasteiger partial charge in [0, 0.05) is 53.0 Å². The zero-order chi connectivity index (χ0) is 30.6. The van der Waals surface area contributed by atoms with Crippen molar-refractivity contribution in [1.82, 2.24) is 15.2 Å². The molecule has 1 saturated heterocycles. The number of urea groups is 1. The highest BCUT2D eigenvalue weighted by atomic mass is 16.5. The Kier molecular flexibility index (Phi) is 8.25. The van der Waals surface area contributed by atoms with Gasteiger partial charge >= 0.3 is 6.03 Å². The second-order valence-electron chi connectivity index (χ2n) is 11.1. The van der Waals surface area contributed by atoms with Gasteiger partial charge in [0.15, 0.2) is 5.82 Å². The summed E-state index contributed by atoms with van der Waals surface area (Å²) in [7, 11) is 1.63. The molecule has 0 saturated carbocycles. The molecule has 10 nitrogen and oxygen atoms in total. The number of carbonyl (C=O) groups excluding carboxylic acids is 1. The highest BCUT2D eigenvalue weighted by molar-refractivity contribution is 6.30. The first kappa shape index (κ1) is 28.9. The van der Waals surface area contributed by atoms with Crippen LogP contribution in [-0.4, -0.2) is 53.8 Å². The minimum atomic E-state index is -0.190. The maximum Gasteiger partial charge on any atom is 0.319 e. The van der Waals surface area contributed by atoms with Gasteiger partial charge in [0.2, 0.25) is 0 Å². The topological polar surface area (TPSA) is 129 Å². The van der Waals surface area contributed by atoms with Crippen molar-refractivity contribution < 1.29 is 13.8 Å². The van der Waals surface area contributed by atoms with Gasteiger partial charge in [0.25, 0.3) is 0 Å². The molecule has 3 heterocycles. The molecule has 2 amide bonds. The summed E-state index contributed by atoms with van der Waals surface area (Å²) in [6.45, 7) is 4.50. The Hall–Kier alpha value is -5.22. The molecule has 5 N–H and O–H groups in total. The first-order valence-electron chi connectivity index (χ1n) is 14.7. The number of anilines is 4. The monoisotopic (exact) mass is 594 g/mol. The lowest BCUT2D eigenvalue weighted by Gasteiger charge is -2.32. The number of fused-ring (bicyclic) bond motifs is 2. The van der Waals surface area contributed by atoms with Crippen LogP contribution in [0.5, 0.6) is 5.75 Å². The molecule has 2 aliphatic heterocycles. The van der Waals surface area contributed by atoms with Crippen LogP contribution in [0.25, 0.3) is 0 Å². The number of nitrogens with zero attached hydrogens (tertiary/aromatic N) is 3. The molecule has 10 heteroatoms. The van der Waals surface area contributed by atoms with E-state index in [1.54, 1.807) is 18.2 Å². The van der Waals surface area contributed by atoms with Crippen molar-refractivity contribution in [2.45, 2.75) is 32.4 Å². The van der Waals surface area contributed by atoms with Gasteiger partial charge in [-0.1, -0.05) is 36.4 Å². The zero-order valence-corrected chi connectivity index (χ0v) is 24.9. The van der Waals surface area contributed by atoms with E-state index in [0.29, 0.717) is 22.6 Å². The third-order valence-electron chi connectivity index (χ3n) is 8.15. The normalized spacial score (nSPS) is 15.0. The predicted molar refractivity (Wildman–Crippen MR) is 181 cm³/mol. The Morgan fingerprint density at radius 2 is 1.84 bits per heavy atom. The molecule has 1 fully saturated rings. The van der Waals surface area contributed by atoms with E-state index < -0.39 is 0 Å². The first-order chi connectivity index (χ1) is 21.4. The summed E-state index contributed by atoms with van der Waals surface area (Å²) >= 11 is 0. The van der Waals surface area contributed by atoms with Gasteiger partial charge in [0.05, 0.1) is 18.5 Å². The number of pyridine rings is 1. The molecule has 0 aliphatic carbocycles. The van der Waals surface area contributed by atoms with Crippen LogP contribution in [0.15, 0.2) is 85.1 Å². The standard InChI is InChI=1S/C34H36N8O2.3H2/c1-22-20-26(44-2)13-14-28(22)40-34(43)38-25-15-18-41(19-16-25)21-23-9-11-24(12-10-23)31(35)42-30-8-5-17-37-33(30)39-29-7-4-3-6-27(29)32(42)36;;;/h3-14,17,20,25,35-36H,15-16,18-19,21H2,1-2H3,(H,37,39)(H2,38,40,43);3*1H. The summed E-state index contributed by atoms with van der Waals surface area (Å²) in [6, 6.07) is 24.8. The fourth-order valence-electron chi connectivity index (χ4n) is 5.71. The number of amides is 2. The van der Waals surface area contributed by atoms with E-state index in [2.05, 4.69) is 38.0 Å². The molecule has 6 rings (SSSR count). The van der Waals surface area contributed by atoms with E-state index in [-0.39, 0.29) is 28.0 Å². The number of hydrogen-bond donors (Lipinski definition) is 5. The molecule has 0 spiro atoms. The van der Waals surface area contributed by atoms with E-state index in [0.717, 1.165) is 60.7 Å². The van der Waals surface area contributed by atoms with Crippen molar-refractivity contribution in [1.29, 1.82) is 10.8 Å². The van der Waals surface area contributed by atoms with Gasteiger partial charge in [-0.15, -0.1) is 0 Å². The van der Waals surface area contributed by atoms with Crippen LogP contribution < -0.4 is 25.6 Å². The number of aryl methyl sites for hydroxylation is 1. The smallest absolute Gasteiger partial charge is 0.319 e. The molecule has 0 bridgehead atoms. The minimum Gasteiger partial charge on any atom is -0.497 e. The summed E-state index contributed by atoms with van der Waals surface area (Å²) in [5.41, 5.74) is 5.74. The lowest BCUT2D eigenvalue weighted by molar-refractivity contribution is 0.190. The van der Waals surface area contributed by atoms with Crippen molar-refractivity contribution in [2.75, 3.05) is 35.7 Å². The molecular weight excluding hydrogens is 552 g/mol. The maximum absolute atomic E-state index is 12.6. The number of para-hydroxylation sites is 1. The summed E-state index contributed by atoms with van der Waals surface area (Å²) in [5, 5.41) is 27.5. The van der Waals surface area contributed by atoms with Crippen LogP contribution in [0, 0.1) is 17.7 Å². The predicted octanol–water partition coefficient (Wildman–Crippen LogP) is 6.84. The highest BCUT2D eigenvalue weighted by Gasteiger charge is 2.28. The van der Waals surface area contributed by atoms with Crippen molar-refractivity contribution >= 4 is 40.6 Å². The van der Waals surface area contributed by atoms with Gasteiger partial charge in [-0.05, 0) is 73.4 Å². The van der Waals surface area contributed by atoms with Crippen LogP contribution in [0.2, 0.25) is 0 Å². The third kappa shape index (κ3) is 6.11. The van der Waals surface area contributed by atoms with Gasteiger partial charge < -0.3 is 20.7 Å². The number of amidine groups is 2. The number of ether oxygens (including phenoxy) is 1. The molecule has 1 aromatic heterocycles. The van der Waals surface area contributed by atoms with Crippen LogP contribution >= 0.6 is 0 Å². The Morgan fingerprint density at radius 1 is 1.07 bits per heavy atom. The van der Waals surface area contributed by atoms with Gasteiger partial charge in [-0.3, -0.25) is 20.6 Å². The van der Waals surface area contributed by atoms with Gasteiger partial charge in [-0.25, -0.2) is 9.78 Å². The summed E-state index contributed by atoms with van der Waals surface area (Å²) in [4.78, 5) is 21.1. The second kappa shape index (κ2) is 12.6. The maximum atomic E-state index is 12.6. The minimum absolute atomic E-state index is 0. The first-order valence-corrected chi connectivity index (χ1v) is 14.7. The summed E-state index contributed by atoms with van der Waals surface area (Å²) in [5.74, 6) is 1.80. The number of methoxy groups -OCH3 is 1. The number of rotatable bonds is 6. The van der Waals surface area contributed by atoms with Gasteiger partial charge in [-0.2, -0.15) is 0 Å². The number of piperidine rings is 1. The fraction of sp³-hybridized carbons (Fsp3) is 0.235. The number of aromatic nitrogens is 1. The van der Waals surface area contributed by atoms with E-state index in [9.17, 15) is 4.79 Å². The van der Waals surface area contributed by atoms with E-state index in [4.69, 9.17) is 15.6 Å². The quantitative estimate of drug-likeness (QED) is 0.123. The Morgan fingerprint density at radius 3 is 2.59 bits per heavy atom. The van der Waals surface area contributed by atoms with Gasteiger partial charge in [0.1, 0.15) is 17.4 Å². The molecule has 4 aromatic rings. The Labute approximate surface area is 261 Å². The van der Waals surface area contributed by atoms with E-state index in [1.165, 1.54) is 0 Å². The third-order valence-corrected chi connectivity index (χ3v) is 8.15. The molecule has 3 aromatic carbocycles. The van der Waals surface area contributed by atoms with Crippen molar-refractivity contribution in [3.05, 3.63) is 107 Å². The van der Waals surface area contributed by atoms with E-state index in [1.807, 2.05) is 73.7 Å². The number of benzene rings is 3. The Bertz CT molecular complexity index is 1710. The van der Waals surface area contributed by atoms with Crippen molar-refractivity contribution in [3.8, 4) is 5.75 Å². The number of nitrogens with one attached hydrogen (secondary N) is 5. The largest absolute Gasteiger partial charge is 0.497 e. The number of hydrogen-bond acceptors (Lipinski definition) is 7. The highest BCUT2D eigenvalue weighted by Crippen LogP contribution is 2.35. The van der Waals surface area contributed by atoms with Crippen molar-refractivity contribution in [2.24, 2.45) is 0 Å². The molecule has 0 radical (unpaired) electrons. The van der Waals surface area contributed by atoms with Crippen LogP contribution in [0.4, 0.5) is 27.7 Å². The molecule has 2 aliphatic rings. The lowest BCUT2D eigenvalue weighted by atomic mass is 10.0.